The Morgan fingerprint density at radius 2 is 2.14 bits per heavy atom. The van der Waals surface area contributed by atoms with Gasteiger partial charge in [0.05, 0.1) is 0 Å². The first-order valence-corrected chi connectivity index (χ1v) is 7.81. The Morgan fingerprint density at radius 1 is 1.32 bits per heavy atom. The Kier molecular flexibility index (Phi) is 5.83. The third-order valence-electron chi connectivity index (χ3n) is 3.70. The normalized spacial score (nSPS) is 12.5. The fourth-order valence-electron chi connectivity index (χ4n) is 2.70. The summed E-state index contributed by atoms with van der Waals surface area (Å²) >= 11 is 0. The number of H-pyrrole nitrogens is 1. The number of aromatic nitrogens is 1. The molecule has 2 aromatic rings. The quantitative estimate of drug-likeness (QED) is 0.633. The molecule has 0 fully saturated rings. The van der Waals surface area contributed by atoms with Crippen molar-refractivity contribution in [2.24, 2.45) is 11.8 Å². The summed E-state index contributed by atoms with van der Waals surface area (Å²) in [4.78, 5) is 15.1. The van der Waals surface area contributed by atoms with Crippen molar-refractivity contribution in [2.75, 3.05) is 18.5 Å². The second-order valence-corrected chi connectivity index (χ2v) is 6.12. The molecule has 0 spiro atoms. The van der Waals surface area contributed by atoms with E-state index in [-0.39, 0.29) is 12.6 Å². The number of anilines is 1. The van der Waals surface area contributed by atoms with Gasteiger partial charge in [-0.2, -0.15) is 0 Å². The number of carbonyl (C=O) groups excluding carboxylic acids is 1. The van der Waals surface area contributed by atoms with Gasteiger partial charge in [-0.05, 0) is 48.9 Å². The van der Waals surface area contributed by atoms with Crippen LogP contribution in [-0.4, -0.2) is 29.3 Å². The average Bonchev–Trinajstić information content (AvgIpc) is 2.92. The lowest BCUT2D eigenvalue weighted by atomic mass is 9.94. The van der Waals surface area contributed by atoms with Crippen LogP contribution in [0.5, 0.6) is 0 Å². The van der Waals surface area contributed by atoms with Gasteiger partial charge in [-0.1, -0.05) is 13.8 Å². The predicted molar refractivity (Wildman–Crippen MR) is 90.0 cm³/mol. The van der Waals surface area contributed by atoms with Gasteiger partial charge in [-0.3, -0.25) is 0 Å². The molecule has 1 unspecified atom stereocenters. The number of aliphatic hydroxyl groups excluding tert-OH is 1. The molecule has 1 aromatic heterocycles. The molecule has 1 atom stereocenters. The van der Waals surface area contributed by atoms with Crippen LogP contribution in [0.25, 0.3) is 10.9 Å². The summed E-state index contributed by atoms with van der Waals surface area (Å²) in [5.41, 5.74) is 1.82. The number of nitrogens with one attached hydrogen (secondary N) is 3. The highest BCUT2D eigenvalue weighted by Gasteiger charge is 2.12. The van der Waals surface area contributed by atoms with E-state index in [9.17, 15) is 4.79 Å². The van der Waals surface area contributed by atoms with Crippen LogP contribution in [0.1, 0.15) is 26.7 Å². The summed E-state index contributed by atoms with van der Waals surface area (Å²) in [5, 5.41) is 15.9. The molecular formula is C17H25N3O2. The largest absolute Gasteiger partial charge is 0.396 e. The van der Waals surface area contributed by atoms with E-state index in [1.54, 1.807) is 0 Å². The second kappa shape index (κ2) is 7.84. The molecule has 0 aliphatic carbocycles. The van der Waals surface area contributed by atoms with E-state index < -0.39 is 0 Å². The molecule has 0 bridgehead atoms. The topological polar surface area (TPSA) is 77.2 Å². The van der Waals surface area contributed by atoms with E-state index in [0.29, 0.717) is 24.8 Å². The third-order valence-corrected chi connectivity index (χ3v) is 3.70. The Bertz CT molecular complexity index is 607. The number of benzene rings is 1. The zero-order valence-corrected chi connectivity index (χ0v) is 13.2. The summed E-state index contributed by atoms with van der Waals surface area (Å²) in [6.07, 6.45) is 3.59. The lowest BCUT2D eigenvalue weighted by Gasteiger charge is -2.18. The Morgan fingerprint density at radius 3 is 2.86 bits per heavy atom. The number of hydrogen-bond donors (Lipinski definition) is 4. The molecular weight excluding hydrogens is 278 g/mol. The second-order valence-electron chi connectivity index (χ2n) is 6.12. The number of aliphatic hydroxyl groups is 1. The first kappa shape index (κ1) is 16.4. The van der Waals surface area contributed by atoms with Crippen molar-refractivity contribution < 1.29 is 9.90 Å². The zero-order chi connectivity index (χ0) is 15.9. The zero-order valence-electron chi connectivity index (χ0n) is 13.2. The molecule has 5 nitrogen and oxygen atoms in total. The summed E-state index contributed by atoms with van der Waals surface area (Å²) < 4.78 is 0. The van der Waals surface area contributed by atoms with Crippen molar-refractivity contribution in [3.05, 3.63) is 30.5 Å². The number of hydrogen-bond acceptors (Lipinski definition) is 2. The number of amides is 2. The van der Waals surface area contributed by atoms with Crippen LogP contribution in [0.4, 0.5) is 10.5 Å². The first-order chi connectivity index (χ1) is 10.6. The monoisotopic (exact) mass is 303 g/mol. The van der Waals surface area contributed by atoms with Crippen molar-refractivity contribution in [3.8, 4) is 0 Å². The minimum absolute atomic E-state index is 0.158. The molecule has 0 aliphatic heterocycles. The molecule has 0 radical (unpaired) electrons. The molecule has 2 rings (SSSR count). The van der Waals surface area contributed by atoms with Gasteiger partial charge < -0.3 is 20.7 Å². The van der Waals surface area contributed by atoms with Gasteiger partial charge in [0.15, 0.2) is 0 Å². The Labute approximate surface area is 131 Å². The molecule has 1 aromatic carbocycles. The van der Waals surface area contributed by atoms with Gasteiger partial charge in [0.2, 0.25) is 0 Å². The summed E-state index contributed by atoms with van der Waals surface area (Å²) in [6, 6.07) is 7.51. The standard InChI is InChI=1S/C17H25N3O2/c1-12(2)9-13(6-8-21)11-19-17(22)20-15-3-4-16-14(10-15)5-7-18-16/h3-5,7,10,12-13,18,21H,6,8-9,11H2,1-2H3,(H2,19,20,22). The number of rotatable bonds is 7. The molecule has 5 heteroatoms. The van der Waals surface area contributed by atoms with E-state index in [2.05, 4.69) is 29.5 Å². The van der Waals surface area contributed by atoms with E-state index in [1.165, 1.54) is 0 Å². The molecule has 0 saturated carbocycles. The number of aromatic amines is 1. The maximum atomic E-state index is 12.0. The minimum atomic E-state index is -0.207. The molecule has 0 saturated heterocycles. The number of urea groups is 1. The van der Waals surface area contributed by atoms with Crippen molar-refractivity contribution in [1.82, 2.24) is 10.3 Å². The number of carbonyl (C=O) groups is 1. The molecule has 4 N–H and O–H groups in total. The first-order valence-electron chi connectivity index (χ1n) is 7.81. The van der Waals surface area contributed by atoms with Crippen molar-refractivity contribution in [2.45, 2.75) is 26.7 Å². The Balaban J connectivity index is 1.85. The van der Waals surface area contributed by atoms with Gasteiger partial charge in [-0.25, -0.2) is 4.79 Å². The van der Waals surface area contributed by atoms with Gasteiger partial charge >= 0.3 is 6.03 Å². The fraction of sp³-hybridized carbons (Fsp3) is 0.471. The average molecular weight is 303 g/mol. The van der Waals surface area contributed by atoms with Crippen molar-refractivity contribution >= 4 is 22.6 Å². The lowest BCUT2D eigenvalue weighted by molar-refractivity contribution is 0.231. The molecule has 120 valence electrons. The molecule has 2 amide bonds. The maximum absolute atomic E-state index is 12.0. The number of fused-ring (bicyclic) bond motifs is 1. The maximum Gasteiger partial charge on any atom is 0.319 e. The van der Waals surface area contributed by atoms with E-state index in [4.69, 9.17) is 5.11 Å². The summed E-state index contributed by atoms with van der Waals surface area (Å²) in [7, 11) is 0. The van der Waals surface area contributed by atoms with Crippen molar-refractivity contribution in [3.63, 3.8) is 0 Å². The SMILES string of the molecule is CC(C)CC(CCO)CNC(=O)Nc1ccc2[nH]ccc2c1. The smallest absolute Gasteiger partial charge is 0.319 e. The highest BCUT2D eigenvalue weighted by atomic mass is 16.3. The summed E-state index contributed by atoms with van der Waals surface area (Å²) in [6.45, 7) is 5.04. The molecule has 0 aliphatic rings. The van der Waals surface area contributed by atoms with Crippen LogP contribution in [0.3, 0.4) is 0 Å². The third kappa shape index (κ3) is 4.77. The van der Waals surface area contributed by atoms with E-state index in [0.717, 1.165) is 23.0 Å². The van der Waals surface area contributed by atoms with Gasteiger partial charge in [0.1, 0.15) is 0 Å². The van der Waals surface area contributed by atoms with E-state index in [1.807, 2.05) is 30.5 Å². The highest BCUT2D eigenvalue weighted by molar-refractivity contribution is 5.92. The van der Waals surface area contributed by atoms with Crippen LogP contribution in [0, 0.1) is 11.8 Å². The minimum Gasteiger partial charge on any atom is -0.396 e. The van der Waals surface area contributed by atoms with E-state index >= 15 is 0 Å². The van der Waals surface area contributed by atoms with Crippen LogP contribution in [0.15, 0.2) is 30.5 Å². The van der Waals surface area contributed by atoms with Crippen LogP contribution in [-0.2, 0) is 0 Å². The van der Waals surface area contributed by atoms with Crippen LogP contribution in [0.2, 0.25) is 0 Å². The predicted octanol–water partition coefficient (Wildman–Crippen LogP) is 3.33. The van der Waals surface area contributed by atoms with Gasteiger partial charge in [-0.15, -0.1) is 0 Å². The fourth-order valence-corrected chi connectivity index (χ4v) is 2.70. The van der Waals surface area contributed by atoms with Crippen molar-refractivity contribution in [1.29, 1.82) is 0 Å². The van der Waals surface area contributed by atoms with Crippen LogP contribution >= 0.6 is 0 Å². The van der Waals surface area contributed by atoms with Gasteiger partial charge in [0, 0.05) is 35.9 Å². The highest BCUT2D eigenvalue weighted by Crippen LogP contribution is 2.18. The van der Waals surface area contributed by atoms with Crippen LogP contribution < -0.4 is 10.6 Å². The molecule has 1 heterocycles. The lowest BCUT2D eigenvalue weighted by Crippen LogP contribution is -2.33. The Hall–Kier alpha value is -2.01. The van der Waals surface area contributed by atoms with Gasteiger partial charge in [0.25, 0.3) is 0 Å². The molecule has 22 heavy (non-hydrogen) atoms. The summed E-state index contributed by atoms with van der Waals surface area (Å²) in [5.74, 6) is 0.861.